The lowest BCUT2D eigenvalue weighted by Gasteiger charge is -2.11. The molecule has 0 fully saturated rings. The molecule has 0 radical (unpaired) electrons. The molecular formula is C46H42N2. The van der Waals surface area contributed by atoms with Crippen LogP contribution in [0.15, 0.2) is 140 Å². The molecule has 0 atom stereocenters. The molecule has 8 aromatic rings. The van der Waals surface area contributed by atoms with Crippen LogP contribution in [0.1, 0.15) is 56.6 Å². The van der Waals surface area contributed by atoms with Gasteiger partial charge in [0, 0.05) is 32.9 Å². The summed E-state index contributed by atoms with van der Waals surface area (Å²) >= 11 is 0. The van der Waals surface area contributed by atoms with Crippen LogP contribution in [0.3, 0.4) is 0 Å². The molecule has 0 saturated carbocycles. The van der Waals surface area contributed by atoms with Gasteiger partial charge in [-0.1, -0.05) is 131 Å². The first kappa shape index (κ1) is 30.0. The predicted molar refractivity (Wildman–Crippen MR) is 208 cm³/mol. The van der Waals surface area contributed by atoms with Crippen molar-refractivity contribution >= 4 is 49.7 Å². The smallest absolute Gasteiger partial charge is 0.0542 e. The second-order valence-electron chi connectivity index (χ2n) is 13.1. The van der Waals surface area contributed by atoms with Crippen molar-refractivity contribution in [3.63, 3.8) is 0 Å². The van der Waals surface area contributed by atoms with Gasteiger partial charge in [-0.2, -0.15) is 0 Å². The molecule has 0 unspecified atom stereocenters. The van der Waals surface area contributed by atoms with E-state index < -0.39 is 0 Å². The topological polar surface area (TPSA) is 9.86 Å². The second-order valence-corrected chi connectivity index (χ2v) is 13.1. The first-order valence-corrected chi connectivity index (χ1v) is 17.6. The summed E-state index contributed by atoms with van der Waals surface area (Å²) in [5, 5.41) is 5.07. The van der Waals surface area contributed by atoms with E-state index in [4.69, 9.17) is 0 Å². The largest absolute Gasteiger partial charge is 0.309 e. The van der Waals surface area contributed by atoms with Gasteiger partial charge in [0.15, 0.2) is 0 Å². The Bertz CT molecular complexity index is 2330. The quantitative estimate of drug-likeness (QED) is 0.127. The third-order valence-corrected chi connectivity index (χ3v) is 10.1. The van der Waals surface area contributed by atoms with Crippen molar-refractivity contribution in [1.82, 2.24) is 9.13 Å². The molecule has 236 valence electrons. The number of benzene rings is 6. The van der Waals surface area contributed by atoms with E-state index >= 15 is 0 Å². The summed E-state index contributed by atoms with van der Waals surface area (Å²) in [6, 6.07) is 49.4. The first-order chi connectivity index (χ1) is 23.7. The van der Waals surface area contributed by atoms with E-state index in [-0.39, 0.29) is 0 Å². The standard InChI is InChI=1S/C46H42N2/c1-3-5-6-7-8-9-14-34-21-26-37(27-22-34)47-45-29-25-36(35-23-19-33(4-2)20-24-35)31-41(45)42-32-38(28-30-46(42)47)48-43-17-12-10-15-39(43)40-16-11-13-18-44(40)48/h4,10-13,15-32H,2-3,5-9,14H2,1H3. The lowest BCUT2D eigenvalue weighted by atomic mass is 10.0. The molecule has 8 rings (SSSR count). The minimum atomic E-state index is 1.13. The minimum absolute atomic E-state index is 1.13. The van der Waals surface area contributed by atoms with Crippen LogP contribution in [0, 0.1) is 0 Å². The molecule has 2 heteroatoms. The normalized spacial score (nSPS) is 11.7. The van der Waals surface area contributed by atoms with Gasteiger partial charge in [0.2, 0.25) is 0 Å². The SMILES string of the molecule is C=Cc1ccc(-c2ccc3c(c2)c2cc(-n4c5ccccc5c5ccccc54)ccc2n3-c2ccc(CCCCCCCC)cc2)cc1. The van der Waals surface area contributed by atoms with Crippen LogP contribution < -0.4 is 0 Å². The zero-order valence-corrected chi connectivity index (χ0v) is 27.8. The number of rotatable bonds is 11. The molecule has 0 spiro atoms. The molecule has 2 heterocycles. The van der Waals surface area contributed by atoms with Crippen LogP contribution in [0.5, 0.6) is 0 Å². The van der Waals surface area contributed by atoms with E-state index in [2.05, 4.69) is 156 Å². The Hall–Kier alpha value is -5.34. The van der Waals surface area contributed by atoms with Crippen LogP contribution in [0.2, 0.25) is 0 Å². The van der Waals surface area contributed by atoms with Crippen molar-refractivity contribution in [3.8, 4) is 22.5 Å². The molecule has 0 aliphatic heterocycles. The lowest BCUT2D eigenvalue weighted by molar-refractivity contribution is 0.607. The van der Waals surface area contributed by atoms with E-state index in [1.165, 1.54) is 110 Å². The molecule has 0 saturated heterocycles. The number of aromatic nitrogens is 2. The van der Waals surface area contributed by atoms with Crippen molar-refractivity contribution in [2.24, 2.45) is 0 Å². The molecule has 0 amide bonds. The van der Waals surface area contributed by atoms with Gasteiger partial charge < -0.3 is 9.13 Å². The Morgan fingerprint density at radius 2 is 1.02 bits per heavy atom. The highest BCUT2D eigenvalue weighted by Gasteiger charge is 2.17. The lowest BCUT2D eigenvalue weighted by Crippen LogP contribution is -1.96. The molecule has 0 aliphatic carbocycles. The summed E-state index contributed by atoms with van der Waals surface area (Å²) in [4.78, 5) is 0. The van der Waals surface area contributed by atoms with Crippen molar-refractivity contribution in [1.29, 1.82) is 0 Å². The Morgan fingerprint density at radius 3 is 1.71 bits per heavy atom. The van der Waals surface area contributed by atoms with Crippen molar-refractivity contribution in [2.45, 2.75) is 51.9 Å². The maximum absolute atomic E-state index is 3.94. The van der Waals surface area contributed by atoms with E-state index in [0.717, 1.165) is 12.0 Å². The van der Waals surface area contributed by atoms with Crippen molar-refractivity contribution in [2.75, 3.05) is 0 Å². The fourth-order valence-corrected chi connectivity index (χ4v) is 7.54. The Morgan fingerprint density at radius 1 is 0.479 bits per heavy atom. The van der Waals surface area contributed by atoms with E-state index in [9.17, 15) is 0 Å². The zero-order valence-electron chi connectivity index (χ0n) is 27.8. The number of hydrogen-bond acceptors (Lipinski definition) is 0. The van der Waals surface area contributed by atoms with Gasteiger partial charge in [0.05, 0.1) is 22.1 Å². The Kier molecular flexibility index (Phi) is 8.16. The zero-order chi connectivity index (χ0) is 32.5. The maximum Gasteiger partial charge on any atom is 0.0542 e. The monoisotopic (exact) mass is 622 g/mol. The summed E-state index contributed by atoms with van der Waals surface area (Å²) in [5.74, 6) is 0. The molecule has 2 nitrogen and oxygen atoms in total. The van der Waals surface area contributed by atoms with Crippen molar-refractivity contribution in [3.05, 3.63) is 151 Å². The number of fused-ring (bicyclic) bond motifs is 6. The van der Waals surface area contributed by atoms with Crippen LogP contribution in [-0.4, -0.2) is 9.13 Å². The Balaban J connectivity index is 1.26. The van der Waals surface area contributed by atoms with Gasteiger partial charge in [0.1, 0.15) is 0 Å². The number of aryl methyl sites for hydroxylation is 1. The van der Waals surface area contributed by atoms with Gasteiger partial charge >= 0.3 is 0 Å². The highest BCUT2D eigenvalue weighted by molar-refractivity contribution is 6.13. The third kappa shape index (κ3) is 5.42. The maximum atomic E-state index is 3.94. The number of para-hydroxylation sites is 2. The number of nitrogens with zero attached hydrogens (tertiary/aromatic N) is 2. The average Bonchev–Trinajstić information content (AvgIpc) is 3.65. The number of unbranched alkanes of at least 4 members (excludes halogenated alkanes) is 5. The molecule has 0 aliphatic rings. The summed E-state index contributed by atoms with van der Waals surface area (Å²) in [6.07, 6.45) is 11.0. The molecule has 0 N–H and O–H groups in total. The second kappa shape index (κ2) is 13.0. The fourth-order valence-electron chi connectivity index (χ4n) is 7.54. The molecular weight excluding hydrogens is 581 g/mol. The highest BCUT2D eigenvalue weighted by atomic mass is 15.0. The molecule has 48 heavy (non-hydrogen) atoms. The molecule has 0 bridgehead atoms. The Labute approximate surface area is 283 Å². The summed E-state index contributed by atoms with van der Waals surface area (Å²) in [6.45, 7) is 6.22. The summed E-state index contributed by atoms with van der Waals surface area (Å²) in [5.41, 5.74) is 12.3. The van der Waals surface area contributed by atoms with E-state index in [0.29, 0.717) is 0 Å². The van der Waals surface area contributed by atoms with Gasteiger partial charge in [-0.3, -0.25) is 0 Å². The van der Waals surface area contributed by atoms with Gasteiger partial charge in [-0.15, -0.1) is 0 Å². The van der Waals surface area contributed by atoms with Gasteiger partial charge in [0.25, 0.3) is 0 Å². The summed E-state index contributed by atoms with van der Waals surface area (Å²) in [7, 11) is 0. The predicted octanol–water partition coefficient (Wildman–Crippen LogP) is 13.1. The van der Waals surface area contributed by atoms with E-state index in [1.54, 1.807) is 0 Å². The highest BCUT2D eigenvalue weighted by Crippen LogP contribution is 2.38. The average molecular weight is 623 g/mol. The van der Waals surface area contributed by atoms with Crippen LogP contribution in [0.4, 0.5) is 0 Å². The van der Waals surface area contributed by atoms with Crippen LogP contribution in [0.25, 0.3) is 72.2 Å². The summed E-state index contributed by atoms with van der Waals surface area (Å²) < 4.78 is 4.86. The first-order valence-electron chi connectivity index (χ1n) is 17.6. The van der Waals surface area contributed by atoms with Gasteiger partial charge in [-0.25, -0.2) is 0 Å². The van der Waals surface area contributed by atoms with Crippen molar-refractivity contribution < 1.29 is 0 Å². The van der Waals surface area contributed by atoms with Crippen LogP contribution >= 0.6 is 0 Å². The van der Waals surface area contributed by atoms with Crippen LogP contribution in [-0.2, 0) is 6.42 Å². The minimum Gasteiger partial charge on any atom is -0.309 e. The molecule has 6 aromatic carbocycles. The number of hydrogen-bond donors (Lipinski definition) is 0. The third-order valence-electron chi connectivity index (χ3n) is 10.1. The van der Waals surface area contributed by atoms with E-state index in [1.807, 2.05) is 6.08 Å². The fraction of sp³-hybridized carbons (Fsp3) is 0.174. The van der Waals surface area contributed by atoms with Gasteiger partial charge in [-0.05, 0) is 89.7 Å². The molecule has 2 aromatic heterocycles.